The van der Waals surface area contributed by atoms with Gasteiger partial charge in [-0.05, 0) is 76.9 Å². The van der Waals surface area contributed by atoms with E-state index in [9.17, 15) is 19.1 Å². The smallest absolute Gasteiger partial charge is 0.410 e. The van der Waals surface area contributed by atoms with Crippen molar-refractivity contribution in [3.63, 3.8) is 0 Å². The molecule has 220 valence electrons. The Bertz CT molecular complexity index is 1060. The molecule has 2 saturated heterocycles. The van der Waals surface area contributed by atoms with Crippen molar-refractivity contribution in [2.45, 2.75) is 76.9 Å². The first-order valence-corrected chi connectivity index (χ1v) is 14.9. The van der Waals surface area contributed by atoms with Gasteiger partial charge in [-0.2, -0.15) is 0 Å². The van der Waals surface area contributed by atoms with Crippen molar-refractivity contribution in [3.8, 4) is 0 Å². The highest BCUT2D eigenvalue weighted by Gasteiger charge is 2.38. The summed E-state index contributed by atoms with van der Waals surface area (Å²) < 4.78 is 26.7. The first-order valence-electron chi connectivity index (χ1n) is 13.3. The molecule has 2 aromatic carbocycles. The number of ether oxygens (including phenoxy) is 2. The first kappa shape index (κ1) is 32.3. The highest BCUT2D eigenvalue weighted by Crippen LogP contribution is 2.32. The number of amides is 2. The SMILES string of the molecule is CC(C)(C)OC(=O)N1CC(F)C(c2ccc(Br)cc2)C1.CC(C)(C)OC(=O)N1CC(O)C(c2ccc(Br)cc2)C1. The number of likely N-dealkylation sites (tertiary alicyclic amines) is 2. The fourth-order valence-corrected chi connectivity index (χ4v) is 5.09. The van der Waals surface area contributed by atoms with E-state index in [-0.39, 0.29) is 24.5 Å². The van der Waals surface area contributed by atoms with Gasteiger partial charge in [0.1, 0.15) is 17.4 Å². The fraction of sp³-hybridized carbons (Fsp3) is 0.533. The van der Waals surface area contributed by atoms with Crippen LogP contribution in [0.1, 0.15) is 64.5 Å². The third kappa shape index (κ3) is 9.45. The molecule has 4 atom stereocenters. The number of carbonyl (C=O) groups excluding carboxylic acids is 2. The quantitative estimate of drug-likeness (QED) is 0.360. The van der Waals surface area contributed by atoms with Crippen molar-refractivity contribution in [1.82, 2.24) is 9.80 Å². The summed E-state index contributed by atoms with van der Waals surface area (Å²) in [6.45, 7) is 12.2. The number of aliphatic hydroxyl groups excluding tert-OH is 1. The standard InChI is InChI=1S/C15H19BrFNO2.C15H20BrNO3/c1-15(2,3)20-14(19)18-8-12(13(17)9-18)10-4-6-11(16)7-5-10;1-15(2,3)20-14(19)17-8-12(13(18)9-17)10-4-6-11(16)7-5-10/h4-7,12-13H,8-9H2,1-3H3;4-7,12-13,18H,8-9H2,1-3H3. The summed E-state index contributed by atoms with van der Waals surface area (Å²) in [7, 11) is 0. The molecule has 2 aliphatic heterocycles. The maximum absolute atomic E-state index is 14.2. The number of halogens is 3. The molecule has 2 aromatic rings. The van der Waals surface area contributed by atoms with Crippen molar-refractivity contribution in [3.05, 3.63) is 68.6 Å². The third-order valence-corrected chi connectivity index (χ3v) is 7.49. The molecular weight excluding hydrogens is 647 g/mol. The van der Waals surface area contributed by atoms with E-state index in [4.69, 9.17) is 9.47 Å². The van der Waals surface area contributed by atoms with E-state index in [0.29, 0.717) is 19.6 Å². The highest BCUT2D eigenvalue weighted by molar-refractivity contribution is 9.10. The summed E-state index contributed by atoms with van der Waals surface area (Å²) in [5, 5.41) is 10.2. The van der Waals surface area contributed by atoms with Gasteiger partial charge in [-0.3, -0.25) is 0 Å². The summed E-state index contributed by atoms with van der Waals surface area (Å²) in [5.41, 5.74) is 0.870. The maximum Gasteiger partial charge on any atom is 0.410 e. The summed E-state index contributed by atoms with van der Waals surface area (Å²) in [4.78, 5) is 27.0. The lowest BCUT2D eigenvalue weighted by Gasteiger charge is -2.24. The van der Waals surface area contributed by atoms with Crippen molar-refractivity contribution in [2.24, 2.45) is 0 Å². The maximum atomic E-state index is 14.2. The van der Waals surface area contributed by atoms with Gasteiger partial charge in [0.05, 0.1) is 19.2 Å². The molecule has 0 aliphatic carbocycles. The minimum Gasteiger partial charge on any atom is -0.444 e. The Morgan fingerprint density at radius 2 is 1.10 bits per heavy atom. The van der Waals surface area contributed by atoms with Crippen LogP contribution in [0.5, 0.6) is 0 Å². The molecule has 0 aromatic heterocycles. The van der Waals surface area contributed by atoms with Crippen LogP contribution in [-0.4, -0.2) is 76.7 Å². The summed E-state index contributed by atoms with van der Waals surface area (Å²) in [6.07, 6.45) is -2.41. The molecule has 0 saturated carbocycles. The summed E-state index contributed by atoms with van der Waals surface area (Å²) >= 11 is 6.75. The zero-order valence-electron chi connectivity index (χ0n) is 23.9. The van der Waals surface area contributed by atoms with Crippen LogP contribution in [0.25, 0.3) is 0 Å². The number of carbonyl (C=O) groups is 2. The second kappa shape index (κ2) is 13.2. The monoisotopic (exact) mass is 684 g/mol. The van der Waals surface area contributed by atoms with Crippen molar-refractivity contribution < 1.29 is 28.6 Å². The first-order chi connectivity index (χ1) is 18.5. The van der Waals surface area contributed by atoms with E-state index in [1.165, 1.54) is 4.90 Å². The molecule has 2 heterocycles. The van der Waals surface area contributed by atoms with Crippen LogP contribution in [0.15, 0.2) is 57.5 Å². The third-order valence-electron chi connectivity index (χ3n) is 6.44. The van der Waals surface area contributed by atoms with Crippen molar-refractivity contribution >= 4 is 44.0 Å². The minimum absolute atomic E-state index is 0.0596. The number of β-amino-alcohol motifs (C(OH)–C–C–N with tert-alkyl or cyclic N) is 1. The number of rotatable bonds is 2. The van der Waals surface area contributed by atoms with Crippen LogP contribution >= 0.6 is 31.9 Å². The molecule has 0 bridgehead atoms. The number of alkyl halides is 1. The lowest BCUT2D eigenvalue weighted by atomic mass is 9.96. The van der Waals surface area contributed by atoms with Gasteiger partial charge in [-0.25, -0.2) is 14.0 Å². The van der Waals surface area contributed by atoms with Gasteiger partial charge in [0.15, 0.2) is 0 Å². The van der Waals surface area contributed by atoms with E-state index >= 15 is 0 Å². The average Bonchev–Trinajstić information content (AvgIpc) is 3.41. The Kier molecular flexibility index (Phi) is 10.7. The van der Waals surface area contributed by atoms with E-state index in [1.54, 1.807) is 25.7 Å². The van der Waals surface area contributed by atoms with Gasteiger partial charge in [0, 0.05) is 33.9 Å². The highest BCUT2D eigenvalue weighted by atomic mass is 79.9. The molecular formula is C30H39Br2FN2O5. The van der Waals surface area contributed by atoms with Crippen molar-refractivity contribution in [1.29, 1.82) is 0 Å². The normalized spacial score (nSPS) is 22.9. The van der Waals surface area contributed by atoms with E-state index < -0.39 is 29.6 Å². The molecule has 0 radical (unpaired) electrons. The van der Waals surface area contributed by atoms with E-state index in [0.717, 1.165) is 20.1 Å². The van der Waals surface area contributed by atoms with Crippen LogP contribution in [0.4, 0.5) is 14.0 Å². The molecule has 2 aliphatic rings. The van der Waals surface area contributed by atoms with E-state index in [1.807, 2.05) is 69.3 Å². The fourth-order valence-electron chi connectivity index (χ4n) is 4.56. The summed E-state index contributed by atoms with van der Waals surface area (Å²) in [5.74, 6) is -0.341. The molecule has 7 nitrogen and oxygen atoms in total. The zero-order chi connectivity index (χ0) is 29.8. The molecule has 10 heteroatoms. The summed E-state index contributed by atoms with van der Waals surface area (Å²) in [6, 6.07) is 15.4. The number of hydrogen-bond donors (Lipinski definition) is 1. The second-order valence-corrected chi connectivity index (χ2v) is 14.0. The second-order valence-electron chi connectivity index (χ2n) is 12.2. The minimum atomic E-state index is -1.05. The van der Waals surface area contributed by atoms with Crippen LogP contribution in [0.3, 0.4) is 0 Å². The van der Waals surface area contributed by atoms with Gasteiger partial charge in [0.25, 0.3) is 0 Å². The van der Waals surface area contributed by atoms with Gasteiger partial charge >= 0.3 is 12.2 Å². The molecule has 4 unspecified atom stereocenters. The Labute approximate surface area is 253 Å². The number of aliphatic hydroxyl groups is 1. The molecule has 1 N–H and O–H groups in total. The van der Waals surface area contributed by atoms with Crippen LogP contribution in [0, 0.1) is 0 Å². The Morgan fingerprint density at radius 1 is 0.725 bits per heavy atom. The molecule has 2 fully saturated rings. The zero-order valence-corrected chi connectivity index (χ0v) is 27.0. The van der Waals surface area contributed by atoms with Gasteiger partial charge in [-0.1, -0.05) is 56.1 Å². The van der Waals surface area contributed by atoms with Gasteiger partial charge < -0.3 is 24.4 Å². The van der Waals surface area contributed by atoms with Crippen molar-refractivity contribution in [2.75, 3.05) is 26.2 Å². The van der Waals surface area contributed by atoms with Crippen LogP contribution in [0.2, 0.25) is 0 Å². The largest absolute Gasteiger partial charge is 0.444 e. The molecule has 4 rings (SSSR count). The van der Waals surface area contributed by atoms with Gasteiger partial charge in [-0.15, -0.1) is 0 Å². The predicted octanol–water partition coefficient (Wildman–Crippen LogP) is 7.27. The number of nitrogens with zero attached hydrogens (tertiary/aromatic N) is 2. The Balaban J connectivity index is 0.000000220. The number of hydrogen-bond acceptors (Lipinski definition) is 5. The lowest BCUT2D eigenvalue weighted by Crippen LogP contribution is -2.35. The Hall–Kier alpha value is -2.17. The molecule has 40 heavy (non-hydrogen) atoms. The average molecular weight is 686 g/mol. The van der Waals surface area contributed by atoms with E-state index in [2.05, 4.69) is 31.9 Å². The molecule has 2 amide bonds. The Morgan fingerprint density at radius 3 is 1.52 bits per heavy atom. The molecule has 0 spiro atoms. The van der Waals surface area contributed by atoms with Crippen LogP contribution < -0.4 is 0 Å². The van der Waals surface area contributed by atoms with Crippen LogP contribution in [-0.2, 0) is 9.47 Å². The number of benzene rings is 2. The predicted molar refractivity (Wildman–Crippen MR) is 160 cm³/mol. The lowest BCUT2D eigenvalue weighted by molar-refractivity contribution is 0.0265. The topological polar surface area (TPSA) is 79.3 Å². The van der Waals surface area contributed by atoms with Gasteiger partial charge in [0.2, 0.25) is 0 Å².